The third kappa shape index (κ3) is 4.80. The van der Waals surface area contributed by atoms with E-state index in [1.807, 2.05) is 17.8 Å². The van der Waals surface area contributed by atoms with Crippen molar-refractivity contribution in [2.24, 2.45) is 0 Å². The van der Waals surface area contributed by atoms with E-state index in [0.717, 1.165) is 17.7 Å². The fraction of sp³-hybridized carbons (Fsp3) is 0.235. The molecule has 2 heterocycles. The molecule has 0 aliphatic heterocycles. The van der Waals surface area contributed by atoms with Crippen molar-refractivity contribution in [1.29, 1.82) is 0 Å². The van der Waals surface area contributed by atoms with E-state index in [4.69, 9.17) is 23.8 Å². The smallest absolute Gasteiger partial charge is 0.172 e. The van der Waals surface area contributed by atoms with Crippen molar-refractivity contribution < 1.29 is 4.39 Å². The topological polar surface area (TPSA) is 59.7 Å². The normalized spacial score (nSPS) is 10.7. The highest BCUT2D eigenvalue weighted by molar-refractivity contribution is 7.80. The van der Waals surface area contributed by atoms with Gasteiger partial charge >= 0.3 is 0 Å². The van der Waals surface area contributed by atoms with Crippen LogP contribution in [0.15, 0.2) is 42.9 Å². The van der Waals surface area contributed by atoms with Gasteiger partial charge in [-0.3, -0.25) is 9.36 Å². The average molecular weight is 393 g/mol. The molecule has 0 spiro atoms. The van der Waals surface area contributed by atoms with Gasteiger partial charge in [0.05, 0.1) is 12.7 Å². The second-order valence-corrected chi connectivity index (χ2v) is 6.46. The highest BCUT2D eigenvalue weighted by Crippen LogP contribution is 2.18. The summed E-state index contributed by atoms with van der Waals surface area (Å²) in [7, 11) is 0. The van der Waals surface area contributed by atoms with Gasteiger partial charge in [-0.05, 0) is 36.8 Å². The summed E-state index contributed by atoms with van der Waals surface area (Å²) in [6.07, 6.45) is 5.58. The summed E-state index contributed by atoms with van der Waals surface area (Å²) in [5, 5.41) is 15.6. The Kier molecular flexibility index (Phi) is 5.85. The van der Waals surface area contributed by atoms with Gasteiger partial charge in [-0.1, -0.05) is 17.7 Å². The van der Waals surface area contributed by atoms with Crippen molar-refractivity contribution >= 4 is 34.7 Å². The number of hydrogen-bond donors (Lipinski definition) is 2. The first-order valence-electron chi connectivity index (χ1n) is 8.07. The number of hydrogen-bond acceptors (Lipinski definition) is 3. The molecule has 0 amide bonds. The number of halogens is 2. The van der Waals surface area contributed by atoms with Crippen LogP contribution in [0.4, 0.5) is 10.2 Å². The molecule has 0 aliphatic carbocycles. The molecule has 0 radical (unpaired) electrons. The Morgan fingerprint density at radius 3 is 2.88 bits per heavy atom. The molecular weight excluding hydrogens is 375 g/mol. The molecule has 0 aliphatic rings. The third-order valence-corrected chi connectivity index (χ3v) is 4.29. The van der Waals surface area contributed by atoms with Crippen LogP contribution >= 0.6 is 23.8 Å². The van der Waals surface area contributed by atoms with E-state index in [0.29, 0.717) is 29.0 Å². The zero-order valence-corrected chi connectivity index (χ0v) is 15.7. The number of nitrogens with zero attached hydrogens (tertiary/aromatic N) is 4. The van der Waals surface area contributed by atoms with Crippen molar-refractivity contribution in [3.8, 4) is 0 Å². The van der Waals surface area contributed by atoms with Crippen molar-refractivity contribution in [1.82, 2.24) is 24.9 Å². The van der Waals surface area contributed by atoms with Gasteiger partial charge in [0.15, 0.2) is 10.9 Å². The number of rotatable bonds is 6. The van der Waals surface area contributed by atoms with E-state index in [2.05, 4.69) is 20.8 Å². The summed E-state index contributed by atoms with van der Waals surface area (Å²) in [5.74, 6) is 0.257. The lowest BCUT2D eigenvalue weighted by Gasteiger charge is -2.07. The molecule has 26 heavy (non-hydrogen) atoms. The van der Waals surface area contributed by atoms with Gasteiger partial charge in [0.1, 0.15) is 5.82 Å². The third-order valence-electron chi connectivity index (χ3n) is 3.69. The minimum Gasteiger partial charge on any atom is -0.358 e. The molecule has 1 aromatic carbocycles. The van der Waals surface area contributed by atoms with Crippen LogP contribution in [0.5, 0.6) is 0 Å². The van der Waals surface area contributed by atoms with Gasteiger partial charge in [-0.25, -0.2) is 4.39 Å². The van der Waals surface area contributed by atoms with Gasteiger partial charge in [-0.15, -0.1) is 0 Å². The standard InChI is InChI=1S/C17H18ClFN6S/c1-2-24-10-12(9-21-24)8-20-17(26)22-16-5-6-25(23-16)11-13-3-4-14(19)7-15(13)18/h3-7,9-10H,2,8,11H2,1H3,(H2,20,22,23,26). The summed E-state index contributed by atoms with van der Waals surface area (Å²) >= 11 is 11.3. The minimum atomic E-state index is -0.359. The zero-order valence-electron chi connectivity index (χ0n) is 14.1. The second-order valence-electron chi connectivity index (χ2n) is 5.65. The maximum atomic E-state index is 13.1. The van der Waals surface area contributed by atoms with Crippen molar-refractivity contribution in [3.05, 3.63) is 64.8 Å². The Balaban J connectivity index is 1.53. The molecule has 0 bridgehead atoms. The fourth-order valence-electron chi connectivity index (χ4n) is 2.35. The lowest BCUT2D eigenvalue weighted by molar-refractivity contribution is 0.624. The molecule has 3 rings (SSSR count). The summed E-state index contributed by atoms with van der Waals surface area (Å²) in [6, 6.07) is 6.12. The number of thiocarbonyl (C=S) groups is 1. The maximum absolute atomic E-state index is 13.1. The van der Waals surface area contributed by atoms with E-state index < -0.39 is 0 Å². The molecule has 0 fully saturated rings. The average Bonchev–Trinajstić information content (AvgIpc) is 3.25. The molecule has 0 saturated heterocycles. The summed E-state index contributed by atoms with van der Waals surface area (Å²) < 4.78 is 16.7. The first-order valence-corrected chi connectivity index (χ1v) is 8.85. The van der Waals surface area contributed by atoms with Gasteiger partial charge in [-0.2, -0.15) is 10.2 Å². The maximum Gasteiger partial charge on any atom is 0.172 e. The quantitative estimate of drug-likeness (QED) is 0.629. The number of nitrogens with one attached hydrogen (secondary N) is 2. The van der Waals surface area contributed by atoms with Crippen LogP contribution in [-0.2, 0) is 19.6 Å². The molecule has 2 N–H and O–H groups in total. The second kappa shape index (κ2) is 8.29. The van der Waals surface area contributed by atoms with Gasteiger partial charge in [0.25, 0.3) is 0 Å². The van der Waals surface area contributed by atoms with Gasteiger partial charge < -0.3 is 10.6 Å². The van der Waals surface area contributed by atoms with Crippen LogP contribution in [0.2, 0.25) is 5.02 Å². The zero-order chi connectivity index (χ0) is 18.5. The minimum absolute atomic E-state index is 0.359. The highest BCUT2D eigenvalue weighted by Gasteiger charge is 2.06. The Morgan fingerprint density at radius 1 is 1.31 bits per heavy atom. The number of aryl methyl sites for hydroxylation is 1. The predicted molar refractivity (Wildman–Crippen MR) is 104 cm³/mol. The summed E-state index contributed by atoms with van der Waals surface area (Å²) in [4.78, 5) is 0. The van der Waals surface area contributed by atoms with Crippen LogP contribution < -0.4 is 10.6 Å². The molecule has 9 heteroatoms. The largest absolute Gasteiger partial charge is 0.358 e. The lowest BCUT2D eigenvalue weighted by Crippen LogP contribution is -2.28. The van der Waals surface area contributed by atoms with E-state index >= 15 is 0 Å². The monoisotopic (exact) mass is 392 g/mol. The predicted octanol–water partition coefficient (Wildman–Crippen LogP) is 3.43. The van der Waals surface area contributed by atoms with Crippen molar-refractivity contribution in [3.63, 3.8) is 0 Å². The van der Waals surface area contributed by atoms with Crippen LogP contribution in [0.25, 0.3) is 0 Å². The van der Waals surface area contributed by atoms with E-state index in [1.165, 1.54) is 12.1 Å². The Hall–Kier alpha value is -2.45. The fourth-order valence-corrected chi connectivity index (χ4v) is 2.76. The van der Waals surface area contributed by atoms with Crippen LogP contribution in [0.1, 0.15) is 18.1 Å². The highest BCUT2D eigenvalue weighted by atomic mass is 35.5. The van der Waals surface area contributed by atoms with Crippen molar-refractivity contribution in [2.45, 2.75) is 26.6 Å². The lowest BCUT2D eigenvalue weighted by atomic mass is 10.2. The van der Waals surface area contributed by atoms with E-state index in [-0.39, 0.29) is 5.82 Å². The van der Waals surface area contributed by atoms with Crippen LogP contribution in [0.3, 0.4) is 0 Å². The summed E-state index contributed by atoms with van der Waals surface area (Å²) in [6.45, 7) is 3.89. The van der Waals surface area contributed by atoms with Crippen LogP contribution in [0, 0.1) is 5.82 Å². The number of anilines is 1. The molecule has 136 valence electrons. The molecule has 3 aromatic rings. The van der Waals surface area contributed by atoms with Gasteiger partial charge in [0, 0.05) is 42.1 Å². The van der Waals surface area contributed by atoms with Crippen LogP contribution in [-0.4, -0.2) is 24.7 Å². The molecule has 0 saturated carbocycles. The van der Waals surface area contributed by atoms with E-state index in [1.54, 1.807) is 29.2 Å². The van der Waals surface area contributed by atoms with Crippen molar-refractivity contribution in [2.75, 3.05) is 5.32 Å². The molecule has 0 unspecified atom stereocenters. The molecule has 2 aromatic heterocycles. The Labute approximate surface area is 161 Å². The summed E-state index contributed by atoms with van der Waals surface area (Å²) in [5.41, 5.74) is 1.84. The Bertz CT molecular complexity index is 906. The van der Waals surface area contributed by atoms with Gasteiger partial charge in [0.2, 0.25) is 0 Å². The number of benzene rings is 1. The first kappa shape index (κ1) is 18.3. The Morgan fingerprint density at radius 2 is 2.15 bits per heavy atom. The first-order chi connectivity index (χ1) is 12.5. The molecule has 6 nitrogen and oxygen atoms in total. The molecule has 0 atom stereocenters. The molecular formula is C17H18ClFN6S. The number of aromatic nitrogens is 4. The SMILES string of the molecule is CCn1cc(CNC(=S)Nc2ccn(Cc3ccc(F)cc3Cl)n2)cn1. The van der Waals surface area contributed by atoms with E-state index in [9.17, 15) is 4.39 Å².